The summed E-state index contributed by atoms with van der Waals surface area (Å²) in [7, 11) is 2.09. The van der Waals surface area contributed by atoms with Gasteiger partial charge in [-0.3, -0.25) is 4.57 Å². The Morgan fingerprint density at radius 3 is 1.29 bits per heavy atom. The van der Waals surface area contributed by atoms with E-state index in [1.54, 1.807) is 12.4 Å². The summed E-state index contributed by atoms with van der Waals surface area (Å²) in [5.74, 6) is 5.16. The Hall–Kier alpha value is -8.70. The van der Waals surface area contributed by atoms with Crippen LogP contribution in [0.4, 0.5) is 28.4 Å². The van der Waals surface area contributed by atoms with Gasteiger partial charge in [-0.05, 0) is 84.9 Å². The molecule has 0 radical (unpaired) electrons. The molecule has 10 aromatic rings. The maximum Gasteiger partial charge on any atom is 0.234 e. The second-order valence-corrected chi connectivity index (χ2v) is 14.5. The van der Waals surface area contributed by atoms with Gasteiger partial charge in [0.25, 0.3) is 0 Å². The minimum atomic E-state index is 0.482. The SMILES string of the molecule is CN1c2ccccc2N(c2cnc(-n3c4cc(Oc5cccc(Oc6ccccn6)c5)ccc4c4ccc(Oc5cccc(Oc6ccccn6)c5)cc43)nc2)c2ccccc21. The molecule has 6 aromatic carbocycles. The molecule has 11 nitrogen and oxygen atoms in total. The van der Waals surface area contributed by atoms with Gasteiger partial charge in [0, 0.05) is 66.6 Å². The van der Waals surface area contributed by atoms with Crippen molar-refractivity contribution in [3.8, 4) is 52.2 Å². The monoisotopic (exact) mass is 809 g/mol. The first-order valence-electron chi connectivity index (χ1n) is 20.0. The highest BCUT2D eigenvalue weighted by molar-refractivity contribution is 6.10. The molecular formula is C51H35N7O4. The standard InChI is InChI=1S/C51H35N7O4/c1-56-43-16-2-4-18-45(43)57(46-19-5-3-17-44(46)56)34-32-54-51(55-33-34)58-47-30-39(59-35-12-10-14-37(28-35)61-49-20-6-8-26-52-49)22-24-41(47)42-25-23-40(31-48(42)58)60-36-13-11-15-38(29-36)62-50-21-7-9-27-53-50/h2-33H,1H3. The van der Waals surface area contributed by atoms with Crippen molar-refractivity contribution in [1.29, 1.82) is 0 Å². The lowest BCUT2D eigenvalue weighted by molar-refractivity contribution is 0.448. The summed E-state index contributed by atoms with van der Waals surface area (Å²) in [6.45, 7) is 0. The van der Waals surface area contributed by atoms with Crippen LogP contribution in [-0.2, 0) is 0 Å². The number of nitrogens with zero attached hydrogens (tertiary/aromatic N) is 7. The predicted octanol–water partition coefficient (Wildman–Crippen LogP) is 13.1. The smallest absolute Gasteiger partial charge is 0.234 e. The van der Waals surface area contributed by atoms with Crippen molar-refractivity contribution in [2.75, 3.05) is 16.8 Å². The van der Waals surface area contributed by atoms with Crippen LogP contribution in [0.5, 0.6) is 46.3 Å². The van der Waals surface area contributed by atoms with Gasteiger partial charge in [0.1, 0.15) is 34.5 Å². The quantitative estimate of drug-likeness (QED) is 0.133. The van der Waals surface area contributed by atoms with Gasteiger partial charge < -0.3 is 28.7 Å². The van der Waals surface area contributed by atoms with E-state index in [4.69, 9.17) is 28.9 Å². The molecule has 62 heavy (non-hydrogen) atoms. The number of rotatable bonds is 10. The molecule has 0 atom stereocenters. The van der Waals surface area contributed by atoms with E-state index in [2.05, 4.69) is 75.3 Å². The van der Waals surface area contributed by atoms with Crippen LogP contribution in [0, 0.1) is 0 Å². The maximum atomic E-state index is 6.48. The van der Waals surface area contributed by atoms with Crippen LogP contribution in [-0.4, -0.2) is 31.6 Å². The van der Waals surface area contributed by atoms with Gasteiger partial charge >= 0.3 is 0 Å². The number of aromatic nitrogens is 5. The number of anilines is 5. The zero-order chi connectivity index (χ0) is 41.4. The summed E-state index contributed by atoms with van der Waals surface area (Å²) in [6.07, 6.45) is 7.13. The zero-order valence-electron chi connectivity index (χ0n) is 33.2. The molecule has 0 bridgehead atoms. The van der Waals surface area contributed by atoms with Crippen molar-refractivity contribution in [3.05, 3.63) is 195 Å². The molecule has 0 fully saturated rings. The van der Waals surface area contributed by atoms with Crippen molar-refractivity contribution in [2.45, 2.75) is 0 Å². The highest BCUT2D eigenvalue weighted by atomic mass is 16.5. The number of hydrogen-bond acceptors (Lipinski definition) is 10. The lowest BCUT2D eigenvalue weighted by atomic mass is 10.1. The number of benzene rings is 6. The topological polar surface area (TPSA) is 99.9 Å². The summed E-state index contributed by atoms with van der Waals surface area (Å²) >= 11 is 0. The fourth-order valence-electron chi connectivity index (χ4n) is 7.81. The van der Waals surface area contributed by atoms with Gasteiger partial charge in [-0.25, -0.2) is 19.9 Å². The first-order valence-corrected chi connectivity index (χ1v) is 20.0. The Bertz CT molecular complexity index is 3040. The fraction of sp³-hybridized carbons (Fsp3) is 0.0196. The Labute approximate surface area is 356 Å². The molecule has 0 amide bonds. The molecule has 0 N–H and O–H groups in total. The van der Waals surface area contributed by atoms with Crippen LogP contribution >= 0.6 is 0 Å². The van der Waals surface area contributed by atoms with E-state index in [-0.39, 0.29) is 0 Å². The van der Waals surface area contributed by atoms with Gasteiger partial charge in [0.15, 0.2) is 0 Å². The van der Waals surface area contributed by atoms with E-state index in [1.807, 2.05) is 138 Å². The first-order chi connectivity index (χ1) is 30.6. The molecule has 5 heterocycles. The summed E-state index contributed by atoms with van der Waals surface area (Å²) in [5.41, 5.74) is 6.77. The highest BCUT2D eigenvalue weighted by Crippen LogP contribution is 2.50. The van der Waals surface area contributed by atoms with Crippen molar-refractivity contribution in [2.24, 2.45) is 0 Å². The van der Waals surface area contributed by atoms with Crippen LogP contribution in [0.1, 0.15) is 0 Å². The normalized spacial score (nSPS) is 11.9. The summed E-state index contributed by atoms with van der Waals surface area (Å²) < 4.78 is 27.0. The summed E-state index contributed by atoms with van der Waals surface area (Å²) in [6, 6.07) is 54.8. The molecule has 298 valence electrons. The molecule has 0 unspecified atom stereocenters. The Kier molecular flexibility index (Phi) is 9.08. The van der Waals surface area contributed by atoms with Gasteiger partial charge in [0.05, 0.1) is 51.9 Å². The minimum Gasteiger partial charge on any atom is -0.457 e. The zero-order valence-corrected chi connectivity index (χ0v) is 33.2. The Morgan fingerprint density at radius 1 is 0.387 bits per heavy atom. The molecule has 0 saturated heterocycles. The van der Waals surface area contributed by atoms with Crippen molar-refractivity contribution in [3.63, 3.8) is 0 Å². The Morgan fingerprint density at radius 2 is 0.823 bits per heavy atom. The van der Waals surface area contributed by atoms with Gasteiger partial charge in [-0.1, -0.05) is 48.5 Å². The number of ether oxygens (including phenoxy) is 4. The van der Waals surface area contributed by atoms with Crippen LogP contribution in [0.2, 0.25) is 0 Å². The Balaban J connectivity index is 0.989. The average Bonchev–Trinajstić information content (AvgIpc) is 3.63. The van der Waals surface area contributed by atoms with Crippen molar-refractivity contribution in [1.82, 2.24) is 24.5 Å². The van der Waals surface area contributed by atoms with E-state index < -0.39 is 0 Å². The van der Waals surface area contributed by atoms with Crippen LogP contribution < -0.4 is 28.7 Å². The number of pyridine rings is 2. The number of fused-ring (bicyclic) bond motifs is 5. The van der Waals surface area contributed by atoms with E-state index in [1.165, 1.54) is 0 Å². The van der Waals surface area contributed by atoms with E-state index in [0.29, 0.717) is 52.2 Å². The summed E-state index contributed by atoms with van der Waals surface area (Å²) in [4.78, 5) is 23.1. The first kappa shape index (κ1) is 36.4. The van der Waals surface area contributed by atoms with Gasteiger partial charge in [0.2, 0.25) is 17.7 Å². The van der Waals surface area contributed by atoms with Gasteiger partial charge in [-0.2, -0.15) is 0 Å². The maximum absolute atomic E-state index is 6.48. The van der Waals surface area contributed by atoms with Gasteiger partial charge in [-0.15, -0.1) is 0 Å². The van der Waals surface area contributed by atoms with Crippen LogP contribution in [0.15, 0.2) is 195 Å². The second-order valence-electron chi connectivity index (χ2n) is 14.5. The molecule has 0 spiro atoms. The molecular weight excluding hydrogens is 775 g/mol. The predicted molar refractivity (Wildman–Crippen MR) is 241 cm³/mol. The summed E-state index contributed by atoms with van der Waals surface area (Å²) in [5, 5.41) is 1.98. The molecule has 0 aliphatic carbocycles. The highest BCUT2D eigenvalue weighted by Gasteiger charge is 2.28. The molecule has 11 rings (SSSR count). The molecule has 11 heteroatoms. The molecule has 0 saturated carbocycles. The lowest BCUT2D eigenvalue weighted by Crippen LogP contribution is -2.24. The lowest BCUT2D eigenvalue weighted by Gasteiger charge is -2.38. The minimum absolute atomic E-state index is 0.482. The molecule has 1 aliphatic heterocycles. The molecule has 1 aliphatic rings. The van der Waals surface area contributed by atoms with E-state index >= 15 is 0 Å². The third-order valence-electron chi connectivity index (χ3n) is 10.6. The third kappa shape index (κ3) is 6.89. The van der Waals surface area contributed by atoms with Crippen LogP contribution in [0.25, 0.3) is 27.8 Å². The second kappa shape index (κ2) is 15.5. The number of hydrogen-bond donors (Lipinski definition) is 0. The number of para-hydroxylation sites is 4. The van der Waals surface area contributed by atoms with E-state index in [9.17, 15) is 0 Å². The van der Waals surface area contributed by atoms with Crippen molar-refractivity contribution >= 4 is 50.2 Å². The van der Waals surface area contributed by atoms with Crippen LogP contribution in [0.3, 0.4) is 0 Å². The molecule has 4 aromatic heterocycles. The fourth-order valence-corrected chi connectivity index (χ4v) is 7.81. The van der Waals surface area contributed by atoms with E-state index in [0.717, 1.165) is 50.2 Å². The van der Waals surface area contributed by atoms with Crippen molar-refractivity contribution < 1.29 is 18.9 Å². The average molecular weight is 810 g/mol. The third-order valence-corrected chi connectivity index (χ3v) is 10.6. The largest absolute Gasteiger partial charge is 0.457 e.